The van der Waals surface area contributed by atoms with E-state index < -0.39 is 38.0 Å². The van der Waals surface area contributed by atoms with Gasteiger partial charge in [0.25, 0.3) is 0 Å². The van der Waals surface area contributed by atoms with E-state index in [-0.39, 0.29) is 28.9 Å². The molecular formula is C25H25F2NO4S3. The van der Waals surface area contributed by atoms with Gasteiger partial charge in [0, 0.05) is 36.7 Å². The number of hydrogen-bond acceptors (Lipinski definition) is 7. The number of benzene rings is 2. The van der Waals surface area contributed by atoms with Gasteiger partial charge < -0.3 is 4.74 Å². The van der Waals surface area contributed by atoms with Crippen LogP contribution in [0.3, 0.4) is 0 Å². The van der Waals surface area contributed by atoms with Crippen LogP contribution < -0.4 is 0 Å². The largest absolute Gasteiger partial charge is 0.454 e. The maximum atomic E-state index is 15.1. The molecule has 35 heavy (non-hydrogen) atoms. The number of hydrogen-bond donors (Lipinski definition) is 0. The first-order chi connectivity index (χ1) is 16.5. The molecule has 0 bridgehead atoms. The fourth-order valence-corrected chi connectivity index (χ4v) is 9.18. The molecule has 2 aromatic carbocycles. The Hall–Kier alpha value is -2.09. The predicted octanol–water partition coefficient (Wildman–Crippen LogP) is 5.23. The molecule has 1 fully saturated rings. The van der Waals surface area contributed by atoms with Gasteiger partial charge in [-0.25, -0.2) is 17.2 Å². The Morgan fingerprint density at radius 3 is 2.54 bits per heavy atom. The van der Waals surface area contributed by atoms with Gasteiger partial charge in [-0.15, -0.1) is 23.5 Å². The number of sulfone groups is 1. The molecule has 10 heteroatoms. The molecule has 4 rings (SSSR count). The van der Waals surface area contributed by atoms with Crippen LogP contribution in [-0.4, -0.2) is 38.3 Å². The van der Waals surface area contributed by atoms with Gasteiger partial charge in [0.2, 0.25) is 0 Å². The summed E-state index contributed by atoms with van der Waals surface area (Å²) in [6, 6.07) is 7.83. The quantitative estimate of drug-likeness (QED) is 0.467. The van der Waals surface area contributed by atoms with E-state index >= 15 is 4.39 Å². The average molecular weight is 538 g/mol. The molecule has 0 spiro atoms. The van der Waals surface area contributed by atoms with E-state index in [1.165, 1.54) is 18.2 Å². The van der Waals surface area contributed by atoms with Crippen LogP contribution in [0.15, 0.2) is 29.2 Å². The number of carbonyl (C=O) groups excluding carboxylic acids is 1. The van der Waals surface area contributed by atoms with Crippen LogP contribution in [0.4, 0.5) is 8.78 Å². The number of nitriles is 1. The van der Waals surface area contributed by atoms with E-state index in [0.29, 0.717) is 16.7 Å². The van der Waals surface area contributed by atoms with Crippen molar-refractivity contribution in [2.45, 2.75) is 54.4 Å². The van der Waals surface area contributed by atoms with Crippen molar-refractivity contribution in [2.75, 3.05) is 17.8 Å². The second-order valence-electron chi connectivity index (χ2n) is 8.71. The van der Waals surface area contributed by atoms with Gasteiger partial charge in [0.05, 0.1) is 20.6 Å². The lowest BCUT2D eigenvalue weighted by atomic mass is 9.89. The minimum absolute atomic E-state index is 0.0746. The number of nitrogens with zero attached hydrogens (tertiary/aromatic N) is 1. The summed E-state index contributed by atoms with van der Waals surface area (Å²) in [4.78, 5) is 11.6. The van der Waals surface area contributed by atoms with Crippen molar-refractivity contribution in [1.29, 1.82) is 5.26 Å². The van der Waals surface area contributed by atoms with Gasteiger partial charge in [-0.05, 0) is 53.3 Å². The van der Waals surface area contributed by atoms with Crippen molar-refractivity contribution in [3.05, 3.63) is 63.5 Å². The first kappa shape index (κ1) is 26.0. The molecule has 0 amide bonds. The second kappa shape index (κ2) is 9.75. The molecule has 1 saturated heterocycles. The summed E-state index contributed by atoms with van der Waals surface area (Å²) in [5.74, 6) is 0.617. The maximum absolute atomic E-state index is 15.1. The molecular weight excluding hydrogens is 512 g/mol. The van der Waals surface area contributed by atoms with E-state index in [2.05, 4.69) is 6.07 Å². The summed E-state index contributed by atoms with van der Waals surface area (Å²) < 4.78 is 59.5. The van der Waals surface area contributed by atoms with Crippen LogP contribution in [0, 0.1) is 17.1 Å². The van der Waals surface area contributed by atoms with Crippen molar-refractivity contribution in [2.24, 2.45) is 0 Å². The Bertz CT molecular complexity index is 1330. The lowest BCUT2D eigenvalue weighted by Crippen LogP contribution is -2.18. The van der Waals surface area contributed by atoms with Crippen molar-refractivity contribution in [1.82, 2.24) is 0 Å². The Balaban J connectivity index is 1.91. The number of alkyl halides is 1. The molecule has 186 valence electrons. The fourth-order valence-electron chi connectivity index (χ4n) is 4.99. The van der Waals surface area contributed by atoms with Gasteiger partial charge in [0.15, 0.2) is 15.9 Å². The zero-order valence-electron chi connectivity index (χ0n) is 19.6. The molecule has 0 saturated carbocycles. The molecule has 0 radical (unpaired) electrons. The highest BCUT2D eigenvalue weighted by Crippen LogP contribution is 2.56. The molecule has 1 aliphatic carbocycles. The molecule has 2 unspecified atom stereocenters. The fraction of sp³-hybridized carbons (Fsp3) is 0.440. The van der Waals surface area contributed by atoms with Gasteiger partial charge in [-0.2, -0.15) is 5.26 Å². The van der Waals surface area contributed by atoms with Crippen LogP contribution in [0.5, 0.6) is 0 Å². The third kappa shape index (κ3) is 4.83. The average Bonchev–Trinajstić information content (AvgIpc) is 3.40. The number of thioether (sulfide) groups is 2. The molecule has 1 aliphatic heterocycles. The molecule has 0 N–H and O–H groups in total. The second-order valence-corrected chi connectivity index (χ2v) is 13.7. The zero-order chi connectivity index (χ0) is 25.5. The Labute approximate surface area is 212 Å². The SMILES string of the molecule is CCC1(c2cc(F)cc(C#N)c2Cc2ccc(S(C)(=O)=O)c3c2CC(F)C3OC(C)=O)SCCS1. The van der Waals surface area contributed by atoms with Crippen LogP contribution >= 0.6 is 23.5 Å². The molecule has 2 atom stereocenters. The van der Waals surface area contributed by atoms with Crippen molar-refractivity contribution in [3.63, 3.8) is 0 Å². The summed E-state index contributed by atoms with van der Waals surface area (Å²) in [7, 11) is -3.73. The van der Waals surface area contributed by atoms with E-state index in [4.69, 9.17) is 4.74 Å². The van der Waals surface area contributed by atoms with Crippen molar-refractivity contribution >= 4 is 39.3 Å². The summed E-state index contributed by atoms with van der Waals surface area (Å²) >= 11 is 3.45. The van der Waals surface area contributed by atoms with E-state index in [0.717, 1.165) is 36.7 Å². The molecule has 1 heterocycles. The lowest BCUT2D eigenvalue weighted by molar-refractivity contribution is -0.149. The maximum Gasteiger partial charge on any atom is 0.303 e. The zero-order valence-corrected chi connectivity index (χ0v) is 22.0. The number of halogens is 2. The third-order valence-electron chi connectivity index (χ3n) is 6.45. The highest BCUT2D eigenvalue weighted by atomic mass is 32.2. The van der Waals surface area contributed by atoms with Gasteiger partial charge in [-0.1, -0.05) is 13.0 Å². The number of fused-ring (bicyclic) bond motifs is 1. The standard InChI is InChI=1S/C25H25F2NO4S3/c1-4-25(33-7-8-34-25)20-11-17(26)9-16(13-28)18(20)10-15-5-6-22(35(3,30)31)23-19(15)12-21(27)24(23)32-14(2)29/h5-6,9,11,21,24H,4,7-8,10,12H2,1-3H3. The normalized spacial score (nSPS) is 20.9. The minimum atomic E-state index is -3.73. The van der Waals surface area contributed by atoms with Crippen LogP contribution in [-0.2, 0) is 36.3 Å². The van der Waals surface area contributed by atoms with E-state index in [9.17, 15) is 22.9 Å². The Morgan fingerprint density at radius 1 is 1.29 bits per heavy atom. The highest BCUT2D eigenvalue weighted by Gasteiger charge is 2.42. The third-order valence-corrected chi connectivity index (χ3v) is 11.3. The van der Waals surface area contributed by atoms with Crippen LogP contribution in [0.25, 0.3) is 0 Å². The molecule has 2 aliphatic rings. The highest BCUT2D eigenvalue weighted by molar-refractivity contribution is 8.20. The monoisotopic (exact) mass is 537 g/mol. The predicted molar refractivity (Wildman–Crippen MR) is 133 cm³/mol. The number of esters is 1. The number of carbonyl (C=O) groups is 1. The van der Waals surface area contributed by atoms with Crippen molar-refractivity contribution < 1.29 is 26.7 Å². The number of rotatable bonds is 6. The summed E-state index contributed by atoms with van der Waals surface area (Å²) in [6.45, 7) is 3.18. The number of ether oxygens (including phenoxy) is 1. The van der Waals surface area contributed by atoms with E-state index in [1.54, 1.807) is 29.6 Å². The van der Waals surface area contributed by atoms with Gasteiger partial charge >= 0.3 is 5.97 Å². The molecule has 2 aromatic rings. The first-order valence-electron chi connectivity index (χ1n) is 11.2. The van der Waals surface area contributed by atoms with Crippen molar-refractivity contribution in [3.8, 4) is 6.07 Å². The van der Waals surface area contributed by atoms with Crippen LogP contribution in [0.1, 0.15) is 59.8 Å². The minimum Gasteiger partial charge on any atom is -0.454 e. The molecule has 0 aromatic heterocycles. The molecule has 5 nitrogen and oxygen atoms in total. The first-order valence-corrected chi connectivity index (χ1v) is 15.0. The topological polar surface area (TPSA) is 84.2 Å². The van der Waals surface area contributed by atoms with Gasteiger partial charge in [0.1, 0.15) is 12.0 Å². The smallest absolute Gasteiger partial charge is 0.303 e. The summed E-state index contributed by atoms with van der Waals surface area (Å²) in [5, 5.41) is 9.85. The summed E-state index contributed by atoms with van der Waals surface area (Å²) in [5.41, 5.74) is 2.84. The Morgan fingerprint density at radius 2 is 1.97 bits per heavy atom. The van der Waals surface area contributed by atoms with E-state index in [1.807, 2.05) is 6.92 Å². The van der Waals surface area contributed by atoms with Crippen LogP contribution in [0.2, 0.25) is 0 Å². The lowest BCUT2D eigenvalue weighted by Gasteiger charge is -2.30. The van der Waals surface area contributed by atoms with Gasteiger partial charge in [-0.3, -0.25) is 4.79 Å². The Kier molecular flexibility index (Phi) is 7.24. The summed E-state index contributed by atoms with van der Waals surface area (Å²) in [6.07, 6.45) is -1.07.